The molecular formula is C23H26N8O4. The number of nitrogens with zero attached hydrogens (tertiary/aromatic N) is 5. The van der Waals surface area contributed by atoms with E-state index in [0.717, 1.165) is 13.1 Å². The molecule has 3 N–H and O–H groups in total. The number of carbonyl (C=O) groups excluding carboxylic acids is 2. The number of nitrogens with one attached hydrogen (secondary N) is 3. The van der Waals surface area contributed by atoms with Gasteiger partial charge in [-0.3, -0.25) is 19.7 Å². The molecule has 3 heterocycles. The molecule has 35 heavy (non-hydrogen) atoms. The third kappa shape index (κ3) is 7.62. The topological polar surface area (TPSA) is 136 Å². The summed E-state index contributed by atoms with van der Waals surface area (Å²) in [5, 5.41) is 12.4. The van der Waals surface area contributed by atoms with E-state index in [4.69, 9.17) is 9.47 Å². The van der Waals surface area contributed by atoms with Crippen LogP contribution in [-0.4, -0.2) is 69.5 Å². The van der Waals surface area contributed by atoms with Crippen LogP contribution in [0.3, 0.4) is 0 Å². The van der Waals surface area contributed by atoms with Crippen molar-refractivity contribution in [1.82, 2.24) is 24.6 Å². The van der Waals surface area contributed by atoms with E-state index < -0.39 is 6.09 Å². The van der Waals surface area contributed by atoms with Gasteiger partial charge in [-0.05, 0) is 18.2 Å². The Hall–Kier alpha value is -4.29. The molecular weight excluding hydrogens is 452 g/mol. The quantitative estimate of drug-likeness (QED) is 0.417. The molecule has 2 amide bonds. The Labute approximate surface area is 202 Å². The fourth-order valence-electron chi connectivity index (χ4n) is 3.26. The van der Waals surface area contributed by atoms with Crippen LogP contribution in [0, 0.1) is 0 Å². The van der Waals surface area contributed by atoms with Crippen molar-refractivity contribution < 1.29 is 19.1 Å². The Morgan fingerprint density at radius 3 is 2.71 bits per heavy atom. The predicted molar refractivity (Wildman–Crippen MR) is 130 cm³/mol. The molecule has 1 aliphatic rings. The lowest BCUT2D eigenvalue weighted by Gasteiger charge is -2.25. The molecule has 0 aliphatic carbocycles. The number of hydrogen-bond acceptors (Lipinski definition) is 9. The van der Waals surface area contributed by atoms with Gasteiger partial charge < -0.3 is 20.1 Å². The van der Waals surface area contributed by atoms with Crippen molar-refractivity contribution in [2.75, 3.05) is 48.8 Å². The lowest BCUT2D eigenvalue weighted by Crippen LogP contribution is -2.36. The molecule has 12 nitrogen and oxygen atoms in total. The lowest BCUT2D eigenvalue weighted by atomic mass is 10.2. The van der Waals surface area contributed by atoms with E-state index in [1.165, 1.54) is 18.3 Å². The number of aromatic nitrogens is 4. The molecule has 3 aromatic rings. The highest BCUT2D eigenvalue weighted by atomic mass is 16.6. The lowest BCUT2D eigenvalue weighted by molar-refractivity contribution is -0.111. The van der Waals surface area contributed by atoms with Gasteiger partial charge in [0.05, 0.1) is 25.1 Å². The Bertz CT molecular complexity index is 1190. The van der Waals surface area contributed by atoms with Crippen molar-refractivity contribution >= 4 is 35.0 Å². The first-order chi connectivity index (χ1) is 17.0. The van der Waals surface area contributed by atoms with Crippen molar-refractivity contribution in [3.63, 3.8) is 0 Å². The number of benzene rings is 1. The summed E-state index contributed by atoms with van der Waals surface area (Å²) < 4.78 is 12.2. The zero-order chi connectivity index (χ0) is 24.5. The van der Waals surface area contributed by atoms with Crippen LogP contribution >= 0.6 is 0 Å². The minimum atomic E-state index is -0.732. The molecule has 2 aromatic heterocycles. The average Bonchev–Trinajstić information content (AvgIpc) is 3.24. The molecule has 0 spiro atoms. The second-order valence-corrected chi connectivity index (χ2v) is 7.65. The maximum atomic E-state index is 12.3. The van der Waals surface area contributed by atoms with Crippen LogP contribution in [0.2, 0.25) is 0 Å². The van der Waals surface area contributed by atoms with E-state index in [0.29, 0.717) is 36.8 Å². The summed E-state index contributed by atoms with van der Waals surface area (Å²) in [5.41, 5.74) is 1.69. The number of rotatable bonds is 8. The van der Waals surface area contributed by atoms with Crippen LogP contribution in [0.15, 0.2) is 61.1 Å². The Balaban J connectivity index is 1.27. The number of morpholine rings is 1. The first-order valence-corrected chi connectivity index (χ1v) is 11.0. The van der Waals surface area contributed by atoms with E-state index in [1.54, 1.807) is 48.4 Å². The highest BCUT2D eigenvalue weighted by molar-refractivity contribution is 5.99. The minimum Gasteiger partial charge on any atom is -0.391 e. The van der Waals surface area contributed by atoms with Gasteiger partial charge in [0, 0.05) is 62.6 Å². The molecule has 1 aliphatic heterocycles. The molecule has 1 saturated heterocycles. The number of hydrogen-bond donors (Lipinski definition) is 3. The molecule has 0 unspecified atom stereocenters. The molecule has 0 atom stereocenters. The molecule has 0 bridgehead atoms. The maximum Gasteiger partial charge on any atom is 0.418 e. The maximum absolute atomic E-state index is 12.3. The molecule has 1 fully saturated rings. The van der Waals surface area contributed by atoms with Gasteiger partial charge in [-0.15, -0.1) is 0 Å². The SMILES string of the molecule is Cn1cc(Nc2nccc(OC(=O)Nc3cccc(NC(=O)/C=C/CN4CCOCC4)c3)n2)cn1. The largest absolute Gasteiger partial charge is 0.418 e. The van der Waals surface area contributed by atoms with Gasteiger partial charge in [0.2, 0.25) is 17.7 Å². The standard InChI is InChI=1S/C23H26N8O4/c1-30-16-19(15-25-30)27-22-24-8-7-21(29-22)35-23(33)28-18-5-2-4-17(14-18)26-20(32)6-3-9-31-10-12-34-13-11-31/h2-8,14-16H,9-13H2,1H3,(H,26,32)(H,28,33)(H,24,27,29)/b6-3+. The van der Waals surface area contributed by atoms with E-state index in [-0.39, 0.29) is 17.7 Å². The molecule has 182 valence electrons. The summed E-state index contributed by atoms with van der Waals surface area (Å²) in [7, 11) is 1.79. The van der Waals surface area contributed by atoms with Crippen LogP contribution < -0.4 is 20.7 Å². The van der Waals surface area contributed by atoms with Gasteiger partial charge in [0.15, 0.2) is 0 Å². The van der Waals surface area contributed by atoms with Crippen molar-refractivity contribution in [2.24, 2.45) is 7.05 Å². The fraction of sp³-hybridized carbons (Fsp3) is 0.261. The smallest absolute Gasteiger partial charge is 0.391 e. The Morgan fingerprint density at radius 1 is 1.14 bits per heavy atom. The summed E-state index contributed by atoms with van der Waals surface area (Å²) >= 11 is 0. The number of ether oxygens (including phenoxy) is 2. The summed E-state index contributed by atoms with van der Waals surface area (Å²) in [6.07, 6.45) is 7.43. The Morgan fingerprint density at radius 2 is 1.94 bits per heavy atom. The van der Waals surface area contributed by atoms with Crippen molar-refractivity contribution in [3.05, 3.63) is 61.1 Å². The van der Waals surface area contributed by atoms with Gasteiger partial charge in [0.1, 0.15) is 0 Å². The molecule has 4 rings (SSSR count). The second-order valence-electron chi connectivity index (χ2n) is 7.65. The summed E-state index contributed by atoms with van der Waals surface area (Å²) in [6, 6.07) is 8.22. The molecule has 1 aromatic carbocycles. The van der Waals surface area contributed by atoms with Gasteiger partial charge in [-0.2, -0.15) is 10.1 Å². The van der Waals surface area contributed by atoms with Gasteiger partial charge in [-0.25, -0.2) is 9.78 Å². The van der Waals surface area contributed by atoms with Gasteiger partial charge in [-0.1, -0.05) is 12.1 Å². The van der Waals surface area contributed by atoms with Crippen molar-refractivity contribution in [1.29, 1.82) is 0 Å². The summed E-state index contributed by atoms with van der Waals surface area (Å²) in [4.78, 5) is 35.0. The number of aryl methyl sites for hydroxylation is 1. The highest BCUT2D eigenvalue weighted by Crippen LogP contribution is 2.17. The first kappa shape index (κ1) is 23.9. The second kappa shape index (κ2) is 11.7. The van der Waals surface area contributed by atoms with Crippen LogP contribution in [0.1, 0.15) is 0 Å². The van der Waals surface area contributed by atoms with Gasteiger partial charge in [0.25, 0.3) is 0 Å². The van der Waals surface area contributed by atoms with Crippen LogP contribution in [0.25, 0.3) is 0 Å². The van der Waals surface area contributed by atoms with Crippen molar-refractivity contribution in [3.8, 4) is 5.88 Å². The average molecular weight is 479 g/mol. The first-order valence-electron chi connectivity index (χ1n) is 11.0. The molecule has 12 heteroatoms. The van der Waals surface area contributed by atoms with E-state index >= 15 is 0 Å². The fourth-order valence-corrected chi connectivity index (χ4v) is 3.26. The summed E-state index contributed by atoms with van der Waals surface area (Å²) in [5.74, 6) is 0.0704. The van der Waals surface area contributed by atoms with E-state index in [9.17, 15) is 9.59 Å². The molecule has 0 radical (unpaired) electrons. The Kier molecular flexibility index (Phi) is 7.99. The zero-order valence-electron chi connectivity index (χ0n) is 19.2. The van der Waals surface area contributed by atoms with Crippen LogP contribution in [0.5, 0.6) is 5.88 Å². The monoisotopic (exact) mass is 478 g/mol. The minimum absolute atomic E-state index is 0.0683. The van der Waals surface area contributed by atoms with Crippen molar-refractivity contribution in [2.45, 2.75) is 0 Å². The zero-order valence-corrected chi connectivity index (χ0v) is 19.2. The van der Waals surface area contributed by atoms with E-state index in [2.05, 4.69) is 35.9 Å². The van der Waals surface area contributed by atoms with Gasteiger partial charge >= 0.3 is 6.09 Å². The normalized spacial score (nSPS) is 14.0. The molecule has 0 saturated carbocycles. The number of anilines is 4. The third-order valence-electron chi connectivity index (χ3n) is 4.90. The number of carbonyl (C=O) groups is 2. The highest BCUT2D eigenvalue weighted by Gasteiger charge is 2.10. The van der Waals surface area contributed by atoms with E-state index in [1.807, 2.05) is 6.08 Å². The third-order valence-corrected chi connectivity index (χ3v) is 4.90. The number of amides is 2. The summed E-state index contributed by atoms with van der Waals surface area (Å²) in [6.45, 7) is 3.82. The van der Waals surface area contributed by atoms with Crippen LogP contribution in [-0.2, 0) is 16.6 Å². The van der Waals surface area contributed by atoms with Crippen LogP contribution in [0.4, 0.5) is 27.8 Å². The predicted octanol–water partition coefficient (Wildman–Crippen LogP) is 2.39.